The molecule has 0 unspecified atom stereocenters. The van der Waals surface area contributed by atoms with Crippen LogP contribution in [0.1, 0.15) is 28.9 Å². The number of carbonyl (C=O) groups excluding carboxylic acids is 1. The summed E-state index contributed by atoms with van der Waals surface area (Å²) < 4.78 is 1.84. The number of nitrogens with one attached hydrogen (secondary N) is 2. The number of rotatable bonds is 4. The summed E-state index contributed by atoms with van der Waals surface area (Å²) in [7, 11) is 0. The van der Waals surface area contributed by atoms with E-state index in [-0.39, 0.29) is 17.2 Å². The third-order valence-corrected chi connectivity index (χ3v) is 4.38. The number of hydrogen-bond acceptors (Lipinski definition) is 3. The van der Waals surface area contributed by atoms with Crippen LogP contribution in [0.2, 0.25) is 0 Å². The van der Waals surface area contributed by atoms with Gasteiger partial charge < -0.3 is 10.3 Å². The normalized spacial score (nSPS) is 14.0. The fourth-order valence-electron chi connectivity index (χ4n) is 2.83. The topological polar surface area (TPSA) is 79.8 Å². The zero-order valence-corrected chi connectivity index (χ0v) is 13.4. The number of benzene rings is 1. The van der Waals surface area contributed by atoms with Crippen LogP contribution in [-0.2, 0) is 6.54 Å². The summed E-state index contributed by atoms with van der Waals surface area (Å²) in [5.74, 6) is 1.01. The molecule has 2 aromatic heterocycles. The summed E-state index contributed by atoms with van der Waals surface area (Å²) in [6, 6.07) is 8.91. The minimum absolute atomic E-state index is 0.247. The Morgan fingerprint density at radius 3 is 2.96 bits per heavy atom. The first-order valence-electron chi connectivity index (χ1n) is 8.07. The second-order valence-corrected chi connectivity index (χ2v) is 6.36. The lowest BCUT2D eigenvalue weighted by Crippen LogP contribution is -2.21. The summed E-state index contributed by atoms with van der Waals surface area (Å²) in [6.45, 7) is 2.73. The maximum absolute atomic E-state index is 12.6. The highest BCUT2D eigenvalue weighted by Crippen LogP contribution is 2.32. The molecule has 3 aromatic rings. The van der Waals surface area contributed by atoms with E-state index in [0.29, 0.717) is 17.1 Å². The summed E-state index contributed by atoms with van der Waals surface area (Å²) in [4.78, 5) is 27.4. The molecule has 0 saturated heterocycles. The van der Waals surface area contributed by atoms with Crippen LogP contribution in [0.3, 0.4) is 0 Å². The van der Waals surface area contributed by atoms with E-state index in [1.165, 1.54) is 12.8 Å². The zero-order chi connectivity index (χ0) is 16.7. The Balaban J connectivity index is 1.65. The Morgan fingerprint density at radius 2 is 2.17 bits per heavy atom. The maximum atomic E-state index is 12.6. The van der Waals surface area contributed by atoms with E-state index in [4.69, 9.17) is 0 Å². The number of nitrogens with zero attached hydrogens (tertiary/aromatic N) is 2. The van der Waals surface area contributed by atoms with Crippen molar-refractivity contribution in [1.82, 2.24) is 14.8 Å². The van der Waals surface area contributed by atoms with Gasteiger partial charge in [0.25, 0.3) is 11.5 Å². The molecule has 1 aliphatic rings. The SMILES string of the molecule is Cc1cnn(CC2CC2)c1NC(=O)c1cc2ccccc2c(=O)[nH]1. The lowest BCUT2D eigenvalue weighted by Gasteiger charge is -2.10. The molecule has 0 spiro atoms. The maximum Gasteiger partial charge on any atom is 0.273 e. The minimum Gasteiger partial charge on any atom is -0.317 e. The van der Waals surface area contributed by atoms with Gasteiger partial charge >= 0.3 is 0 Å². The van der Waals surface area contributed by atoms with Crippen LogP contribution in [0.25, 0.3) is 10.8 Å². The van der Waals surface area contributed by atoms with Gasteiger partial charge in [-0.3, -0.25) is 9.59 Å². The van der Waals surface area contributed by atoms with Gasteiger partial charge in [-0.15, -0.1) is 0 Å². The van der Waals surface area contributed by atoms with Gasteiger partial charge in [0, 0.05) is 17.5 Å². The van der Waals surface area contributed by atoms with Crippen LogP contribution in [0.4, 0.5) is 5.82 Å². The number of anilines is 1. The van der Waals surface area contributed by atoms with E-state index >= 15 is 0 Å². The highest BCUT2D eigenvalue weighted by atomic mass is 16.2. The smallest absolute Gasteiger partial charge is 0.273 e. The van der Waals surface area contributed by atoms with E-state index in [9.17, 15) is 9.59 Å². The highest BCUT2D eigenvalue weighted by Gasteiger charge is 2.24. The van der Waals surface area contributed by atoms with E-state index in [0.717, 1.165) is 17.5 Å². The Bertz CT molecular complexity index is 982. The Hall–Kier alpha value is -2.89. The fraction of sp³-hybridized carbons (Fsp3) is 0.278. The summed E-state index contributed by atoms with van der Waals surface area (Å²) in [5.41, 5.74) is 0.894. The van der Waals surface area contributed by atoms with Crippen molar-refractivity contribution in [1.29, 1.82) is 0 Å². The van der Waals surface area contributed by atoms with Crippen LogP contribution < -0.4 is 10.9 Å². The molecule has 6 heteroatoms. The monoisotopic (exact) mass is 322 g/mol. The molecule has 1 fully saturated rings. The predicted octanol–water partition coefficient (Wildman–Crippen LogP) is 2.70. The predicted molar refractivity (Wildman–Crippen MR) is 92.2 cm³/mol. The molecule has 24 heavy (non-hydrogen) atoms. The minimum atomic E-state index is -0.335. The largest absolute Gasteiger partial charge is 0.317 e. The number of carbonyl (C=O) groups is 1. The van der Waals surface area contributed by atoms with E-state index in [1.54, 1.807) is 24.4 Å². The van der Waals surface area contributed by atoms with Gasteiger partial charge in [0.15, 0.2) is 0 Å². The molecule has 4 rings (SSSR count). The first-order valence-corrected chi connectivity index (χ1v) is 8.07. The Labute approximate surface area is 138 Å². The van der Waals surface area contributed by atoms with Crippen molar-refractivity contribution in [3.05, 3.63) is 58.1 Å². The van der Waals surface area contributed by atoms with E-state index in [2.05, 4.69) is 15.4 Å². The fourth-order valence-corrected chi connectivity index (χ4v) is 2.83. The van der Waals surface area contributed by atoms with Crippen molar-refractivity contribution in [2.75, 3.05) is 5.32 Å². The van der Waals surface area contributed by atoms with Gasteiger partial charge in [0.05, 0.1) is 6.20 Å². The first kappa shape index (κ1) is 14.7. The van der Waals surface area contributed by atoms with Gasteiger partial charge in [0.2, 0.25) is 0 Å². The van der Waals surface area contributed by atoms with Crippen molar-refractivity contribution >= 4 is 22.5 Å². The average molecular weight is 322 g/mol. The summed E-state index contributed by atoms with van der Waals surface area (Å²) in [6.07, 6.45) is 4.18. The number of aryl methyl sites for hydroxylation is 1. The van der Waals surface area contributed by atoms with Crippen molar-refractivity contribution in [2.45, 2.75) is 26.3 Å². The molecule has 1 saturated carbocycles. The van der Waals surface area contributed by atoms with Crippen LogP contribution in [0, 0.1) is 12.8 Å². The van der Waals surface area contributed by atoms with Crippen LogP contribution >= 0.6 is 0 Å². The summed E-state index contributed by atoms with van der Waals surface area (Å²) in [5, 5.41) is 8.55. The van der Waals surface area contributed by atoms with Crippen molar-refractivity contribution in [3.63, 3.8) is 0 Å². The number of aromatic nitrogens is 3. The number of fused-ring (bicyclic) bond motifs is 1. The second-order valence-electron chi connectivity index (χ2n) is 6.36. The van der Waals surface area contributed by atoms with Crippen LogP contribution in [0.5, 0.6) is 0 Å². The molecule has 0 bridgehead atoms. The first-order chi connectivity index (χ1) is 11.6. The lowest BCUT2D eigenvalue weighted by molar-refractivity contribution is 0.102. The number of aromatic amines is 1. The molecular weight excluding hydrogens is 304 g/mol. The van der Waals surface area contributed by atoms with Crippen molar-refractivity contribution in [3.8, 4) is 0 Å². The molecule has 122 valence electrons. The van der Waals surface area contributed by atoms with Gasteiger partial charge in [-0.2, -0.15) is 5.10 Å². The van der Waals surface area contributed by atoms with E-state index < -0.39 is 0 Å². The lowest BCUT2D eigenvalue weighted by atomic mass is 10.1. The summed E-state index contributed by atoms with van der Waals surface area (Å²) >= 11 is 0. The third kappa shape index (κ3) is 2.71. The van der Waals surface area contributed by atoms with Gasteiger partial charge in [-0.05, 0) is 43.2 Å². The molecular formula is C18H18N4O2. The zero-order valence-electron chi connectivity index (χ0n) is 13.4. The Morgan fingerprint density at radius 1 is 1.38 bits per heavy atom. The molecule has 0 aliphatic heterocycles. The number of H-pyrrole nitrogens is 1. The number of hydrogen-bond donors (Lipinski definition) is 2. The van der Waals surface area contributed by atoms with Crippen LogP contribution in [-0.4, -0.2) is 20.7 Å². The number of pyridine rings is 1. The molecule has 6 nitrogen and oxygen atoms in total. The standard InChI is InChI=1S/C18H18N4O2/c1-11-9-19-22(10-12-6-7-12)16(11)21-18(24)15-8-13-4-2-3-5-14(13)17(23)20-15/h2-5,8-9,12H,6-7,10H2,1H3,(H,20,23)(H,21,24). The molecule has 0 atom stereocenters. The van der Waals surface area contributed by atoms with Crippen LogP contribution in [0.15, 0.2) is 41.3 Å². The molecule has 0 radical (unpaired) electrons. The number of amides is 1. The molecule has 1 aromatic carbocycles. The Kier molecular flexibility index (Phi) is 3.45. The van der Waals surface area contributed by atoms with Gasteiger partial charge in [0.1, 0.15) is 11.5 Å². The van der Waals surface area contributed by atoms with Crippen molar-refractivity contribution < 1.29 is 4.79 Å². The average Bonchev–Trinajstić information content (AvgIpc) is 3.34. The highest BCUT2D eigenvalue weighted by molar-refractivity contribution is 6.04. The molecule has 2 heterocycles. The quantitative estimate of drug-likeness (QED) is 0.775. The second kappa shape index (κ2) is 5.63. The molecule has 1 amide bonds. The van der Waals surface area contributed by atoms with Gasteiger partial charge in [-0.1, -0.05) is 18.2 Å². The van der Waals surface area contributed by atoms with Gasteiger partial charge in [-0.25, -0.2) is 4.68 Å². The van der Waals surface area contributed by atoms with E-state index in [1.807, 2.05) is 23.7 Å². The third-order valence-electron chi connectivity index (χ3n) is 4.38. The van der Waals surface area contributed by atoms with Crippen molar-refractivity contribution in [2.24, 2.45) is 5.92 Å². The molecule has 1 aliphatic carbocycles. The molecule has 2 N–H and O–H groups in total.